The molecule has 0 radical (unpaired) electrons. The van der Waals surface area contributed by atoms with Crippen LogP contribution in [0.2, 0.25) is 0 Å². The quantitative estimate of drug-likeness (QED) is 0.280. The summed E-state index contributed by atoms with van der Waals surface area (Å²) in [6.45, 7) is 10.1. The highest BCUT2D eigenvalue weighted by molar-refractivity contribution is 7.71. The minimum Gasteiger partial charge on any atom is -0.348 e. The fraction of sp³-hybridized carbons (Fsp3) is 0.269. The van der Waals surface area contributed by atoms with Crippen LogP contribution in [0.5, 0.6) is 0 Å². The van der Waals surface area contributed by atoms with E-state index in [9.17, 15) is 9.59 Å². The maximum atomic E-state index is 12.9. The first-order chi connectivity index (χ1) is 17.4. The van der Waals surface area contributed by atoms with E-state index in [-0.39, 0.29) is 23.1 Å². The summed E-state index contributed by atoms with van der Waals surface area (Å²) in [7, 11) is 0. The number of aromatic amines is 1. The molecule has 0 aliphatic carbocycles. The minimum atomic E-state index is -0.380. The van der Waals surface area contributed by atoms with E-state index < -0.39 is 0 Å². The predicted molar refractivity (Wildman–Crippen MR) is 143 cm³/mol. The van der Waals surface area contributed by atoms with E-state index in [1.165, 1.54) is 24.5 Å². The third-order valence-corrected chi connectivity index (χ3v) is 6.18. The topological polar surface area (TPSA) is 107 Å². The van der Waals surface area contributed by atoms with Crippen LogP contribution in [0.4, 0.5) is 17.2 Å². The van der Waals surface area contributed by atoms with Gasteiger partial charge in [-0.25, -0.2) is 10.1 Å². The zero-order valence-corrected chi connectivity index (χ0v) is 21.3. The molecule has 0 saturated carbocycles. The van der Waals surface area contributed by atoms with Crippen LogP contribution in [-0.4, -0.2) is 51.5 Å². The van der Waals surface area contributed by atoms with Crippen molar-refractivity contribution in [3.8, 4) is 11.4 Å². The lowest BCUT2D eigenvalue weighted by Gasteiger charge is -2.22. The number of anilines is 3. The largest absolute Gasteiger partial charge is 0.348 e. The summed E-state index contributed by atoms with van der Waals surface area (Å²) in [4.78, 5) is 37.6. The molecule has 0 atom stereocenters. The Hall–Kier alpha value is -3.89. The summed E-state index contributed by atoms with van der Waals surface area (Å²) < 4.78 is 4.99. The Morgan fingerprint density at radius 3 is 2.47 bits per heavy atom. The van der Waals surface area contributed by atoms with Gasteiger partial charge in [0.05, 0.1) is 11.4 Å². The number of pyridine rings is 1. The first kappa shape index (κ1) is 25.2. The molecule has 0 saturated heterocycles. The van der Waals surface area contributed by atoms with Gasteiger partial charge >= 0.3 is 4.84 Å². The van der Waals surface area contributed by atoms with Crippen molar-refractivity contribution in [2.24, 2.45) is 0 Å². The van der Waals surface area contributed by atoms with Crippen LogP contribution in [0, 0.1) is 4.84 Å². The SMILES string of the molecule is CCN(CC)CC.O=C1CC(=O)N(c2cc(-c3nc(=S)o[nH]3)ccn2)c2ccc3ccccc3c2N1. The molecule has 2 aromatic carbocycles. The fourth-order valence-electron chi connectivity index (χ4n) is 4.07. The molecule has 1 aliphatic heterocycles. The van der Waals surface area contributed by atoms with Crippen LogP contribution >= 0.6 is 12.2 Å². The average Bonchev–Trinajstić information content (AvgIpc) is 3.27. The van der Waals surface area contributed by atoms with Gasteiger partial charge in [-0.05, 0) is 55.4 Å². The Morgan fingerprint density at radius 2 is 1.81 bits per heavy atom. The van der Waals surface area contributed by atoms with Gasteiger partial charge in [0.25, 0.3) is 0 Å². The van der Waals surface area contributed by atoms with Gasteiger partial charge < -0.3 is 14.7 Å². The number of rotatable bonds is 5. The zero-order valence-electron chi connectivity index (χ0n) is 20.4. The molecule has 5 rings (SSSR count). The highest BCUT2D eigenvalue weighted by Crippen LogP contribution is 2.39. The van der Waals surface area contributed by atoms with Crippen LogP contribution < -0.4 is 10.2 Å². The monoisotopic (exact) mass is 504 g/mol. The Labute approximate surface area is 214 Å². The molecule has 10 heteroatoms. The van der Waals surface area contributed by atoms with Crippen molar-refractivity contribution in [3.63, 3.8) is 0 Å². The Bertz CT molecular complexity index is 1440. The number of aromatic nitrogens is 3. The molecule has 186 valence electrons. The van der Waals surface area contributed by atoms with E-state index in [4.69, 9.17) is 16.7 Å². The molecule has 2 aromatic heterocycles. The number of hydrogen-bond donors (Lipinski definition) is 2. The van der Waals surface area contributed by atoms with Gasteiger partial charge in [0, 0.05) is 17.1 Å². The summed E-state index contributed by atoms with van der Waals surface area (Å²) >= 11 is 4.90. The van der Waals surface area contributed by atoms with Crippen LogP contribution in [0.3, 0.4) is 0 Å². The molecule has 3 heterocycles. The lowest BCUT2D eigenvalue weighted by atomic mass is 10.1. The number of carbonyl (C=O) groups is 2. The first-order valence-electron chi connectivity index (χ1n) is 11.8. The molecule has 4 aromatic rings. The third-order valence-electron chi connectivity index (χ3n) is 6.00. The molecular formula is C26H28N6O3S. The number of amides is 2. The van der Waals surface area contributed by atoms with E-state index >= 15 is 0 Å². The second-order valence-corrected chi connectivity index (χ2v) is 8.44. The minimum absolute atomic E-state index is 0.0795. The summed E-state index contributed by atoms with van der Waals surface area (Å²) in [5, 5.41) is 7.31. The van der Waals surface area contributed by atoms with Gasteiger partial charge in [0.15, 0.2) is 5.82 Å². The van der Waals surface area contributed by atoms with Crippen molar-refractivity contribution >= 4 is 52.0 Å². The predicted octanol–water partition coefficient (Wildman–Crippen LogP) is 5.30. The van der Waals surface area contributed by atoms with E-state index in [1.807, 2.05) is 30.3 Å². The third kappa shape index (κ3) is 5.34. The van der Waals surface area contributed by atoms with Crippen LogP contribution in [0.25, 0.3) is 22.2 Å². The number of hydrogen-bond acceptors (Lipinski definition) is 7. The number of fused-ring (bicyclic) bond motifs is 3. The smallest absolute Gasteiger partial charge is 0.314 e. The lowest BCUT2D eigenvalue weighted by Crippen LogP contribution is -2.27. The Kier molecular flexibility index (Phi) is 7.87. The van der Waals surface area contributed by atoms with E-state index in [1.54, 1.807) is 24.4 Å². The zero-order chi connectivity index (χ0) is 25.7. The number of carbonyl (C=O) groups excluding carboxylic acids is 2. The summed E-state index contributed by atoms with van der Waals surface area (Å²) in [5.41, 5.74) is 1.78. The van der Waals surface area contributed by atoms with Gasteiger partial charge in [0.1, 0.15) is 12.2 Å². The Morgan fingerprint density at radius 1 is 1.06 bits per heavy atom. The van der Waals surface area contributed by atoms with Crippen molar-refractivity contribution in [3.05, 3.63) is 59.6 Å². The maximum absolute atomic E-state index is 12.9. The maximum Gasteiger partial charge on any atom is 0.314 e. The number of nitrogens with zero attached hydrogens (tertiary/aromatic N) is 4. The molecule has 1 aliphatic rings. The van der Waals surface area contributed by atoms with E-state index in [0.29, 0.717) is 28.6 Å². The van der Waals surface area contributed by atoms with Crippen LogP contribution in [0.15, 0.2) is 59.3 Å². The summed E-state index contributed by atoms with van der Waals surface area (Å²) in [6.07, 6.45) is 1.27. The van der Waals surface area contributed by atoms with Crippen LogP contribution in [-0.2, 0) is 9.59 Å². The molecule has 2 N–H and O–H groups in total. The molecule has 0 bridgehead atoms. The second-order valence-electron chi connectivity index (χ2n) is 8.09. The number of nitrogens with one attached hydrogen (secondary N) is 2. The lowest BCUT2D eigenvalue weighted by molar-refractivity contribution is -0.124. The molecule has 0 fully saturated rings. The van der Waals surface area contributed by atoms with Gasteiger partial charge in [-0.15, -0.1) is 0 Å². The number of benzene rings is 2. The van der Waals surface area contributed by atoms with Crippen molar-refractivity contribution in [2.45, 2.75) is 27.2 Å². The van der Waals surface area contributed by atoms with E-state index in [0.717, 1.165) is 10.8 Å². The van der Waals surface area contributed by atoms with Gasteiger partial charge in [-0.2, -0.15) is 4.98 Å². The van der Waals surface area contributed by atoms with Crippen molar-refractivity contribution in [1.82, 2.24) is 20.0 Å². The molecule has 9 nitrogen and oxygen atoms in total. The molecule has 36 heavy (non-hydrogen) atoms. The van der Waals surface area contributed by atoms with Crippen molar-refractivity contribution in [1.29, 1.82) is 0 Å². The standard InChI is InChI=1S/C20H13N5O3S.C6H15N/c26-16-10-17(27)25(14-6-5-11-3-1-2-4-13(11)18(14)22-16)15-9-12(7-8-21-15)19-23-20(29)28-24-19;1-4-7(5-2)6-3/h1-9H,10H2,(H,22,26)(H,23,24,29);4-6H2,1-3H3. The molecule has 0 spiro atoms. The Balaban J connectivity index is 0.000000384. The molecule has 2 amide bonds. The highest BCUT2D eigenvalue weighted by atomic mass is 32.1. The molecular weight excluding hydrogens is 476 g/mol. The second kappa shape index (κ2) is 11.2. The fourth-order valence-corrected chi connectivity index (χ4v) is 4.21. The van der Waals surface area contributed by atoms with Gasteiger partial charge in [0.2, 0.25) is 11.8 Å². The molecule has 0 unspecified atom stereocenters. The van der Waals surface area contributed by atoms with Crippen molar-refractivity contribution in [2.75, 3.05) is 29.9 Å². The van der Waals surface area contributed by atoms with Crippen molar-refractivity contribution < 1.29 is 14.1 Å². The van der Waals surface area contributed by atoms with Crippen LogP contribution in [0.1, 0.15) is 27.2 Å². The number of H-pyrrole nitrogens is 1. The summed E-state index contributed by atoms with van der Waals surface area (Å²) in [6, 6.07) is 14.8. The summed E-state index contributed by atoms with van der Waals surface area (Å²) in [5.74, 6) is 0.0396. The van der Waals surface area contributed by atoms with Gasteiger partial charge in [-0.3, -0.25) is 14.5 Å². The van der Waals surface area contributed by atoms with Gasteiger partial charge in [-0.1, -0.05) is 51.1 Å². The first-order valence-corrected chi connectivity index (χ1v) is 12.2. The normalized spacial score (nSPS) is 13.2. The van der Waals surface area contributed by atoms with E-state index in [2.05, 4.69) is 46.1 Å². The average molecular weight is 505 g/mol. The highest BCUT2D eigenvalue weighted by Gasteiger charge is 2.29.